The van der Waals surface area contributed by atoms with Gasteiger partial charge in [-0.1, -0.05) is 0 Å². The fourth-order valence-corrected chi connectivity index (χ4v) is 2.07. The van der Waals surface area contributed by atoms with Gasteiger partial charge < -0.3 is 0 Å². The number of halogens is 1. The van der Waals surface area contributed by atoms with Gasteiger partial charge in [0.2, 0.25) is 0 Å². The van der Waals surface area contributed by atoms with E-state index in [0.29, 0.717) is 16.9 Å². The van der Waals surface area contributed by atoms with Gasteiger partial charge in [0.1, 0.15) is 11.5 Å². The molecule has 0 aliphatic carbocycles. The van der Waals surface area contributed by atoms with Crippen molar-refractivity contribution < 1.29 is 9.31 Å². The first-order valence-electron chi connectivity index (χ1n) is 5.94. The van der Waals surface area contributed by atoms with E-state index in [0.717, 1.165) is 5.56 Å². The van der Waals surface area contributed by atoms with Crippen molar-refractivity contribution in [3.63, 3.8) is 0 Å². The minimum Gasteiger partial charge on any atom is -0.300 e. The van der Waals surface area contributed by atoms with E-state index in [4.69, 9.17) is 0 Å². The van der Waals surface area contributed by atoms with Crippen LogP contribution in [0.2, 0.25) is 0 Å². The Hall–Kier alpha value is -2.76. The molecule has 1 aromatic carbocycles. The van der Waals surface area contributed by atoms with Crippen LogP contribution in [0.3, 0.4) is 0 Å². The van der Waals surface area contributed by atoms with Crippen LogP contribution in [0, 0.1) is 22.9 Å². The number of pyridine rings is 1. The van der Waals surface area contributed by atoms with Gasteiger partial charge >= 0.3 is 0 Å². The summed E-state index contributed by atoms with van der Waals surface area (Å²) in [5, 5.41) is 10.9. The SMILES string of the molecule is Cc1cc2nc(-c3ccc(F)cc3)cn2cc1[N+](=O)[O-]. The zero-order chi connectivity index (χ0) is 14.3. The van der Waals surface area contributed by atoms with Crippen molar-refractivity contribution in [2.24, 2.45) is 0 Å². The maximum Gasteiger partial charge on any atom is 0.288 e. The van der Waals surface area contributed by atoms with Gasteiger partial charge in [0.05, 0.1) is 16.8 Å². The summed E-state index contributed by atoms with van der Waals surface area (Å²) in [5.41, 5.74) is 2.62. The molecule has 0 aliphatic rings. The van der Waals surface area contributed by atoms with Gasteiger partial charge in [0, 0.05) is 17.3 Å². The predicted molar refractivity (Wildman–Crippen MR) is 72.0 cm³/mol. The van der Waals surface area contributed by atoms with E-state index in [1.165, 1.54) is 18.3 Å². The van der Waals surface area contributed by atoms with Gasteiger partial charge in [-0.05, 0) is 37.3 Å². The Balaban J connectivity index is 2.15. The van der Waals surface area contributed by atoms with Crippen LogP contribution in [0.5, 0.6) is 0 Å². The molecule has 0 saturated carbocycles. The summed E-state index contributed by atoms with van der Waals surface area (Å²) in [6.45, 7) is 1.67. The number of hydrogen-bond donors (Lipinski definition) is 0. The lowest BCUT2D eigenvalue weighted by atomic mass is 10.2. The van der Waals surface area contributed by atoms with Gasteiger partial charge in [-0.25, -0.2) is 9.37 Å². The summed E-state index contributed by atoms with van der Waals surface area (Å²) in [4.78, 5) is 14.9. The van der Waals surface area contributed by atoms with Crippen molar-refractivity contribution in [1.29, 1.82) is 0 Å². The van der Waals surface area contributed by atoms with E-state index >= 15 is 0 Å². The van der Waals surface area contributed by atoms with Gasteiger partial charge in [-0.3, -0.25) is 14.5 Å². The molecule has 0 atom stereocenters. The minimum absolute atomic E-state index is 0.0422. The number of hydrogen-bond acceptors (Lipinski definition) is 3. The Morgan fingerprint density at radius 2 is 1.95 bits per heavy atom. The molecule has 2 aromatic heterocycles. The topological polar surface area (TPSA) is 60.4 Å². The third-order valence-electron chi connectivity index (χ3n) is 3.11. The summed E-state index contributed by atoms with van der Waals surface area (Å²) in [6.07, 6.45) is 3.12. The number of aryl methyl sites for hydroxylation is 1. The fraction of sp³-hybridized carbons (Fsp3) is 0.0714. The first-order valence-corrected chi connectivity index (χ1v) is 5.94. The average molecular weight is 271 g/mol. The number of rotatable bonds is 2. The zero-order valence-electron chi connectivity index (χ0n) is 10.6. The van der Waals surface area contributed by atoms with E-state index in [1.54, 1.807) is 35.7 Å². The van der Waals surface area contributed by atoms with E-state index in [-0.39, 0.29) is 11.5 Å². The standard InChI is InChI=1S/C14H10FN3O2/c1-9-6-14-16-12(10-2-4-11(15)5-3-10)7-17(14)8-13(9)18(19)20/h2-8H,1H3. The van der Waals surface area contributed by atoms with E-state index in [2.05, 4.69) is 4.98 Å². The lowest BCUT2D eigenvalue weighted by molar-refractivity contribution is -0.385. The molecule has 20 heavy (non-hydrogen) atoms. The highest BCUT2D eigenvalue weighted by molar-refractivity contribution is 5.64. The predicted octanol–water partition coefficient (Wildman–Crippen LogP) is 3.36. The van der Waals surface area contributed by atoms with Crippen LogP contribution in [0.1, 0.15) is 5.56 Å². The zero-order valence-corrected chi connectivity index (χ0v) is 10.6. The first-order chi connectivity index (χ1) is 9.54. The van der Waals surface area contributed by atoms with Crippen LogP contribution in [0.4, 0.5) is 10.1 Å². The molecule has 0 saturated heterocycles. The number of fused-ring (bicyclic) bond motifs is 1. The molecule has 0 unspecified atom stereocenters. The fourth-order valence-electron chi connectivity index (χ4n) is 2.07. The highest BCUT2D eigenvalue weighted by atomic mass is 19.1. The Morgan fingerprint density at radius 3 is 2.60 bits per heavy atom. The third-order valence-corrected chi connectivity index (χ3v) is 3.11. The lowest BCUT2D eigenvalue weighted by Crippen LogP contribution is -1.94. The molecule has 3 rings (SSSR count). The van der Waals surface area contributed by atoms with Crippen molar-refractivity contribution in [2.75, 3.05) is 0 Å². The Bertz CT molecular complexity index is 809. The molecular weight excluding hydrogens is 261 g/mol. The van der Waals surface area contributed by atoms with E-state index < -0.39 is 4.92 Å². The van der Waals surface area contributed by atoms with Crippen molar-refractivity contribution in [3.8, 4) is 11.3 Å². The smallest absolute Gasteiger partial charge is 0.288 e. The van der Waals surface area contributed by atoms with Gasteiger partial charge in [0.25, 0.3) is 5.69 Å². The third kappa shape index (κ3) is 2.01. The molecule has 0 N–H and O–H groups in total. The number of nitro groups is 1. The van der Waals surface area contributed by atoms with Gasteiger partial charge in [-0.2, -0.15) is 0 Å². The molecule has 0 radical (unpaired) electrons. The maximum absolute atomic E-state index is 12.9. The second kappa shape index (κ2) is 4.41. The summed E-state index contributed by atoms with van der Waals surface area (Å²) in [5.74, 6) is -0.316. The Morgan fingerprint density at radius 1 is 1.25 bits per heavy atom. The number of aromatic nitrogens is 2. The molecule has 0 amide bonds. The number of benzene rings is 1. The van der Waals surface area contributed by atoms with Gasteiger partial charge in [-0.15, -0.1) is 0 Å². The second-order valence-electron chi connectivity index (χ2n) is 4.50. The molecule has 100 valence electrons. The maximum atomic E-state index is 12.9. The van der Waals surface area contributed by atoms with Crippen LogP contribution in [0.15, 0.2) is 42.7 Å². The molecule has 2 heterocycles. The van der Waals surface area contributed by atoms with Crippen molar-refractivity contribution in [3.05, 3.63) is 64.2 Å². The lowest BCUT2D eigenvalue weighted by Gasteiger charge is -1.97. The van der Waals surface area contributed by atoms with Crippen molar-refractivity contribution >= 4 is 11.3 Å². The Kier molecular flexibility index (Phi) is 2.71. The van der Waals surface area contributed by atoms with Crippen LogP contribution < -0.4 is 0 Å². The minimum atomic E-state index is -0.424. The second-order valence-corrected chi connectivity index (χ2v) is 4.50. The largest absolute Gasteiger partial charge is 0.300 e. The van der Waals surface area contributed by atoms with Crippen molar-refractivity contribution in [2.45, 2.75) is 6.92 Å². The normalized spacial score (nSPS) is 10.9. The highest BCUT2D eigenvalue weighted by Crippen LogP contribution is 2.23. The summed E-state index contributed by atoms with van der Waals surface area (Å²) in [7, 11) is 0. The van der Waals surface area contributed by atoms with E-state index in [9.17, 15) is 14.5 Å². The molecule has 0 aliphatic heterocycles. The Labute approximate surface area is 113 Å². The van der Waals surface area contributed by atoms with Crippen LogP contribution in [-0.2, 0) is 0 Å². The molecule has 0 spiro atoms. The molecule has 0 fully saturated rings. The first kappa shape index (κ1) is 12.3. The summed E-state index contributed by atoms with van der Waals surface area (Å²) < 4.78 is 14.5. The summed E-state index contributed by atoms with van der Waals surface area (Å²) in [6, 6.07) is 7.61. The van der Waals surface area contributed by atoms with Crippen LogP contribution in [0.25, 0.3) is 16.9 Å². The van der Waals surface area contributed by atoms with Gasteiger partial charge in [0.15, 0.2) is 0 Å². The molecule has 6 heteroatoms. The highest BCUT2D eigenvalue weighted by Gasteiger charge is 2.13. The summed E-state index contributed by atoms with van der Waals surface area (Å²) >= 11 is 0. The number of nitrogens with zero attached hydrogens (tertiary/aromatic N) is 3. The van der Waals surface area contributed by atoms with Crippen molar-refractivity contribution in [1.82, 2.24) is 9.38 Å². The average Bonchev–Trinajstić information content (AvgIpc) is 2.81. The number of imidazole rings is 1. The molecule has 3 aromatic rings. The monoisotopic (exact) mass is 271 g/mol. The van der Waals surface area contributed by atoms with Crippen LogP contribution >= 0.6 is 0 Å². The molecular formula is C14H10FN3O2. The molecule has 0 bridgehead atoms. The quantitative estimate of drug-likeness (QED) is 0.530. The van der Waals surface area contributed by atoms with E-state index in [1.807, 2.05) is 0 Å². The van der Waals surface area contributed by atoms with Crippen LogP contribution in [-0.4, -0.2) is 14.3 Å². The molecule has 5 nitrogen and oxygen atoms in total.